The van der Waals surface area contributed by atoms with Crippen molar-refractivity contribution in [3.8, 4) is 0 Å². The Morgan fingerprint density at radius 3 is 2.74 bits per heavy atom. The highest BCUT2D eigenvalue weighted by Crippen LogP contribution is 2.27. The van der Waals surface area contributed by atoms with Crippen LogP contribution in [0.15, 0.2) is 53.7 Å². The molecule has 0 saturated carbocycles. The zero-order chi connectivity index (χ0) is 16.4. The number of hydrogen-bond acceptors (Lipinski definition) is 4. The molecule has 0 atom stereocenters. The first-order chi connectivity index (χ1) is 11.0. The lowest BCUT2D eigenvalue weighted by atomic mass is 10.1. The number of aromatic nitrogens is 2. The first-order valence-corrected chi connectivity index (χ1v) is 8.63. The number of hydrogen-bond donors (Lipinski definition) is 2. The second-order valence-corrected chi connectivity index (χ2v) is 7.25. The number of fused-ring (bicyclic) bond motifs is 1. The Kier molecular flexibility index (Phi) is 4.06. The standard InChI is InChI=1S/C16H18N4O2S/c1-20(2)16-5-3-4-13-8-14(6-7-15(13)16)23(21,22)19-11-12-9-17-18-10-12/h3-10,19H,11H2,1-2H3,(H,17,18). The number of anilines is 1. The van der Waals surface area contributed by atoms with Crippen LogP contribution < -0.4 is 9.62 Å². The van der Waals surface area contributed by atoms with E-state index in [4.69, 9.17) is 0 Å². The molecule has 2 aromatic carbocycles. The third-order valence-electron chi connectivity index (χ3n) is 3.64. The van der Waals surface area contributed by atoms with Crippen LogP contribution in [0.25, 0.3) is 10.8 Å². The van der Waals surface area contributed by atoms with Crippen molar-refractivity contribution < 1.29 is 8.42 Å². The average molecular weight is 330 g/mol. The maximum atomic E-state index is 12.4. The van der Waals surface area contributed by atoms with E-state index in [-0.39, 0.29) is 11.4 Å². The summed E-state index contributed by atoms with van der Waals surface area (Å²) in [7, 11) is 0.362. The molecule has 0 aliphatic heterocycles. The first-order valence-electron chi connectivity index (χ1n) is 7.15. The maximum absolute atomic E-state index is 12.4. The van der Waals surface area contributed by atoms with Gasteiger partial charge in [0.1, 0.15) is 0 Å². The number of nitrogens with zero attached hydrogens (tertiary/aromatic N) is 2. The van der Waals surface area contributed by atoms with Crippen molar-refractivity contribution >= 4 is 26.5 Å². The maximum Gasteiger partial charge on any atom is 0.240 e. The number of H-pyrrole nitrogens is 1. The summed E-state index contributed by atoms with van der Waals surface area (Å²) < 4.78 is 27.5. The van der Waals surface area contributed by atoms with Crippen LogP contribution in [0, 0.1) is 0 Å². The van der Waals surface area contributed by atoms with Gasteiger partial charge in [-0.05, 0) is 23.6 Å². The summed E-state index contributed by atoms with van der Waals surface area (Å²) in [5.41, 5.74) is 1.84. The van der Waals surface area contributed by atoms with Crippen molar-refractivity contribution in [2.75, 3.05) is 19.0 Å². The van der Waals surface area contributed by atoms with Gasteiger partial charge in [-0.15, -0.1) is 0 Å². The fourth-order valence-corrected chi connectivity index (χ4v) is 3.49. The molecule has 0 fully saturated rings. The molecule has 1 aromatic heterocycles. The van der Waals surface area contributed by atoms with Crippen molar-refractivity contribution in [2.24, 2.45) is 0 Å². The predicted molar refractivity (Wildman–Crippen MR) is 90.9 cm³/mol. The molecule has 6 nitrogen and oxygen atoms in total. The highest BCUT2D eigenvalue weighted by molar-refractivity contribution is 7.89. The molecular weight excluding hydrogens is 312 g/mol. The van der Waals surface area contributed by atoms with Crippen molar-refractivity contribution in [1.29, 1.82) is 0 Å². The lowest BCUT2D eigenvalue weighted by Crippen LogP contribution is -2.23. The van der Waals surface area contributed by atoms with E-state index in [2.05, 4.69) is 14.9 Å². The van der Waals surface area contributed by atoms with Crippen LogP contribution in [0.5, 0.6) is 0 Å². The number of nitrogens with one attached hydrogen (secondary N) is 2. The fraction of sp³-hybridized carbons (Fsp3) is 0.188. The lowest BCUT2D eigenvalue weighted by molar-refractivity contribution is 0.581. The molecule has 7 heteroatoms. The van der Waals surface area contributed by atoms with Gasteiger partial charge in [-0.1, -0.05) is 18.2 Å². The van der Waals surface area contributed by atoms with Gasteiger partial charge in [0.2, 0.25) is 10.0 Å². The minimum Gasteiger partial charge on any atom is -0.377 e. The van der Waals surface area contributed by atoms with E-state index < -0.39 is 10.0 Å². The second-order valence-electron chi connectivity index (χ2n) is 5.49. The smallest absolute Gasteiger partial charge is 0.240 e. The molecule has 0 saturated heterocycles. The minimum absolute atomic E-state index is 0.203. The summed E-state index contributed by atoms with van der Waals surface area (Å²) in [6.07, 6.45) is 3.25. The van der Waals surface area contributed by atoms with E-state index in [1.807, 2.05) is 43.3 Å². The molecule has 0 bridgehead atoms. The van der Waals surface area contributed by atoms with Crippen molar-refractivity contribution in [1.82, 2.24) is 14.9 Å². The van der Waals surface area contributed by atoms with E-state index in [9.17, 15) is 8.42 Å². The van der Waals surface area contributed by atoms with Crippen LogP contribution in [0.2, 0.25) is 0 Å². The Morgan fingerprint density at radius 1 is 1.22 bits per heavy atom. The molecule has 0 aliphatic carbocycles. The van der Waals surface area contributed by atoms with Crippen molar-refractivity contribution in [2.45, 2.75) is 11.4 Å². The molecule has 0 amide bonds. The van der Waals surface area contributed by atoms with Gasteiger partial charge in [0.05, 0.1) is 11.1 Å². The molecule has 120 valence electrons. The topological polar surface area (TPSA) is 78.1 Å². The quantitative estimate of drug-likeness (QED) is 0.751. The normalized spacial score (nSPS) is 11.7. The Bertz CT molecular complexity index is 918. The summed E-state index contributed by atoms with van der Waals surface area (Å²) in [5.74, 6) is 0. The van der Waals surface area contributed by atoms with Crippen LogP contribution >= 0.6 is 0 Å². The SMILES string of the molecule is CN(C)c1cccc2cc(S(=O)(=O)NCc3cn[nH]c3)ccc12. The largest absolute Gasteiger partial charge is 0.377 e. The molecule has 2 N–H and O–H groups in total. The van der Waals surface area contributed by atoms with Gasteiger partial charge in [-0.3, -0.25) is 5.10 Å². The molecule has 0 aliphatic rings. The zero-order valence-electron chi connectivity index (χ0n) is 12.9. The summed E-state index contributed by atoms with van der Waals surface area (Å²) >= 11 is 0. The first kappa shape index (κ1) is 15.5. The van der Waals surface area contributed by atoms with Gasteiger partial charge in [0.25, 0.3) is 0 Å². The average Bonchev–Trinajstić information content (AvgIpc) is 3.05. The third-order valence-corrected chi connectivity index (χ3v) is 5.04. The molecule has 0 unspecified atom stereocenters. The minimum atomic E-state index is -3.57. The number of aromatic amines is 1. The number of sulfonamides is 1. The van der Waals surface area contributed by atoms with Crippen LogP contribution in [0.1, 0.15) is 5.56 Å². The highest BCUT2D eigenvalue weighted by atomic mass is 32.2. The van der Waals surface area contributed by atoms with Crippen LogP contribution in [0.3, 0.4) is 0 Å². The molecule has 1 heterocycles. The van der Waals surface area contributed by atoms with Crippen molar-refractivity contribution in [3.05, 3.63) is 54.4 Å². The molecule has 0 radical (unpaired) electrons. The predicted octanol–water partition coefficient (Wildman–Crippen LogP) is 2.11. The summed E-state index contributed by atoms with van der Waals surface area (Å²) in [5, 5.41) is 8.37. The van der Waals surface area contributed by atoms with Crippen LogP contribution in [-0.2, 0) is 16.6 Å². The Morgan fingerprint density at radius 2 is 2.04 bits per heavy atom. The van der Waals surface area contributed by atoms with E-state index in [1.165, 1.54) is 0 Å². The van der Waals surface area contributed by atoms with Gasteiger partial charge >= 0.3 is 0 Å². The molecule has 3 rings (SSSR count). The molecule has 23 heavy (non-hydrogen) atoms. The Hall–Kier alpha value is -2.38. The van der Waals surface area contributed by atoms with E-state index in [1.54, 1.807) is 24.5 Å². The highest BCUT2D eigenvalue weighted by Gasteiger charge is 2.15. The van der Waals surface area contributed by atoms with Gasteiger partial charge < -0.3 is 4.90 Å². The molecule has 3 aromatic rings. The van der Waals surface area contributed by atoms with Gasteiger partial charge in [0, 0.05) is 43.5 Å². The third kappa shape index (κ3) is 3.20. The fourth-order valence-electron chi connectivity index (χ4n) is 2.44. The summed E-state index contributed by atoms with van der Waals surface area (Å²) in [6.45, 7) is 0.203. The van der Waals surface area contributed by atoms with E-state index in [0.717, 1.165) is 22.0 Å². The van der Waals surface area contributed by atoms with Gasteiger partial charge in [-0.2, -0.15) is 5.10 Å². The van der Waals surface area contributed by atoms with E-state index in [0.29, 0.717) is 0 Å². The van der Waals surface area contributed by atoms with Crippen LogP contribution in [0.4, 0.5) is 5.69 Å². The van der Waals surface area contributed by atoms with Gasteiger partial charge in [0.15, 0.2) is 0 Å². The van der Waals surface area contributed by atoms with Crippen LogP contribution in [-0.4, -0.2) is 32.7 Å². The Labute approximate surface area is 135 Å². The summed E-state index contributed by atoms with van der Waals surface area (Å²) in [4.78, 5) is 2.26. The number of rotatable bonds is 5. The van der Waals surface area contributed by atoms with E-state index >= 15 is 0 Å². The zero-order valence-corrected chi connectivity index (χ0v) is 13.8. The summed E-state index contributed by atoms with van der Waals surface area (Å²) in [6, 6.07) is 11.0. The lowest BCUT2D eigenvalue weighted by Gasteiger charge is -2.16. The Balaban J connectivity index is 1.93. The number of benzene rings is 2. The monoisotopic (exact) mass is 330 g/mol. The molecular formula is C16H18N4O2S. The van der Waals surface area contributed by atoms with Crippen molar-refractivity contribution in [3.63, 3.8) is 0 Å². The molecule has 0 spiro atoms. The second kappa shape index (κ2) is 6.02. The van der Waals surface area contributed by atoms with Gasteiger partial charge in [-0.25, -0.2) is 13.1 Å².